The van der Waals surface area contributed by atoms with Gasteiger partial charge in [-0.2, -0.15) is 0 Å². The molecule has 0 saturated carbocycles. The van der Waals surface area contributed by atoms with Crippen LogP contribution in [0, 0.1) is 0 Å². The number of carbonyl (C=O) groups is 2. The Morgan fingerprint density at radius 2 is 1.03 bits per heavy atom. The molecule has 2 aromatic rings. The number of hydrogen-bond donors (Lipinski definition) is 13. The molecule has 5 rings (SSSR count). The van der Waals surface area contributed by atoms with E-state index >= 15 is 0 Å². The van der Waals surface area contributed by atoms with Gasteiger partial charge in [-0.05, 0) is 49.1 Å². The van der Waals surface area contributed by atoms with E-state index in [0.29, 0.717) is 16.7 Å². The number of ketones is 1. The SMILES string of the molecule is COc1cc(C=CCc2c(C=CCCC(=O)CC(C)(CC(=O)O)OC3OC(CO)C(O)C(O)C3O)cc(OC)c(OC3OC(CO)C(O)C(O)C3O)c2OC)cc(OC)c1OC1OC(CO)C(O)C(O)C1O. The number of hydrogen-bond acceptors (Lipinski definition) is 24. The van der Waals surface area contributed by atoms with Crippen LogP contribution < -0.4 is 28.4 Å². The molecule has 0 aromatic heterocycles. The van der Waals surface area contributed by atoms with Gasteiger partial charge < -0.3 is 114 Å². The minimum atomic E-state index is -1.85. The van der Waals surface area contributed by atoms with Gasteiger partial charge in [-0.25, -0.2) is 0 Å². The van der Waals surface area contributed by atoms with Gasteiger partial charge in [0.2, 0.25) is 24.1 Å². The van der Waals surface area contributed by atoms with E-state index in [1.54, 1.807) is 42.5 Å². The Bertz CT molecular complexity index is 2140. The molecule has 3 saturated heterocycles. The summed E-state index contributed by atoms with van der Waals surface area (Å²) in [6, 6.07) is 4.63. The molecule has 2 aromatic carbocycles. The van der Waals surface area contributed by atoms with Gasteiger partial charge >= 0.3 is 5.97 Å². The molecule has 0 spiro atoms. The number of ether oxygens (including phenoxy) is 10. The molecule has 3 aliphatic rings. The van der Waals surface area contributed by atoms with Crippen molar-refractivity contribution >= 4 is 23.9 Å². The number of aliphatic hydroxyl groups is 12. The van der Waals surface area contributed by atoms with Crippen molar-refractivity contribution in [3.05, 3.63) is 47.0 Å². The predicted molar refractivity (Wildman–Crippen MR) is 244 cm³/mol. The summed E-state index contributed by atoms with van der Waals surface area (Å²) in [6.45, 7) is -0.878. The third-order valence-corrected chi connectivity index (χ3v) is 12.3. The van der Waals surface area contributed by atoms with Gasteiger partial charge in [0.1, 0.15) is 79.0 Å². The van der Waals surface area contributed by atoms with Gasteiger partial charge in [-0.3, -0.25) is 9.59 Å². The van der Waals surface area contributed by atoms with Gasteiger partial charge in [0.15, 0.2) is 29.3 Å². The number of Topliss-reactive ketones (excluding diaryl/α,β-unsaturated/α-hetero) is 1. The van der Waals surface area contributed by atoms with Crippen LogP contribution in [0.2, 0.25) is 0 Å². The lowest BCUT2D eigenvalue weighted by Gasteiger charge is -2.43. The average molecular weight is 1030 g/mol. The van der Waals surface area contributed by atoms with E-state index in [4.69, 9.17) is 47.4 Å². The van der Waals surface area contributed by atoms with E-state index in [0.717, 1.165) is 0 Å². The second kappa shape index (κ2) is 25.9. The van der Waals surface area contributed by atoms with E-state index in [1.807, 2.05) is 0 Å². The maximum atomic E-state index is 13.4. The number of carbonyl (C=O) groups excluding carboxylic acids is 1. The minimum Gasteiger partial charge on any atom is -0.493 e. The first kappa shape index (κ1) is 58.1. The molecule has 25 nitrogen and oxygen atoms in total. The highest BCUT2D eigenvalue weighted by molar-refractivity contribution is 5.81. The first-order valence-electron chi connectivity index (χ1n) is 22.7. The molecule has 0 bridgehead atoms. The Kier molecular flexibility index (Phi) is 20.9. The maximum absolute atomic E-state index is 13.4. The van der Waals surface area contributed by atoms with Crippen LogP contribution in [0.15, 0.2) is 30.4 Å². The lowest BCUT2D eigenvalue weighted by atomic mass is 9.92. The summed E-state index contributed by atoms with van der Waals surface area (Å²) in [4.78, 5) is 25.3. The largest absolute Gasteiger partial charge is 0.493 e. The van der Waals surface area contributed by atoms with Crippen LogP contribution in [0.25, 0.3) is 12.2 Å². The monoisotopic (exact) mass is 1030 g/mol. The van der Waals surface area contributed by atoms with Crippen LogP contribution >= 0.6 is 0 Å². The van der Waals surface area contributed by atoms with Crippen LogP contribution in [-0.4, -0.2) is 224 Å². The topological polar surface area (TPSA) is 389 Å². The van der Waals surface area contributed by atoms with Crippen molar-refractivity contribution in [3.8, 4) is 34.5 Å². The van der Waals surface area contributed by atoms with E-state index in [2.05, 4.69) is 0 Å². The number of allylic oxidation sites excluding steroid dienone is 2. The maximum Gasteiger partial charge on any atom is 0.306 e. The van der Waals surface area contributed by atoms with Gasteiger partial charge in [0.05, 0.1) is 60.3 Å². The highest BCUT2D eigenvalue weighted by atomic mass is 16.7. The molecule has 3 fully saturated rings. The van der Waals surface area contributed by atoms with Gasteiger partial charge in [0, 0.05) is 18.4 Å². The van der Waals surface area contributed by atoms with Gasteiger partial charge in [-0.1, -0.05) is 24.3 Å². The molecule has 25 heteroatoms. The second-order valence-corrected chi connectivity index (χ2v) is 17.5. The van der Waals surface area contributed by atoms with Crippen LogP contribution in [0.5, 0.6) is 34.5 Å². The number of rotatable bonds is 24. The van der Waals surface area contributed by atoms with Crippen LogP contribution in [0.4, 0.5) is 0 Å². The van der Waals surface area contributed by atoms with E-state index in [1.165, 1.54) is 35.4 Å². The molecule has 16 atom stereocenters. The van der Waals surface area contributed by atoms with Crippen molar-refractivity contribution in [1.29, 1.82) is 0 Å². The Morgan fingerprint density at radius 1 is 0.569 bits per heavy atom. The highest BCUT2D eigenvalue weighted by Gasteiger charge is 2.49. The van der Waals surface area contributed by atoms with Crippen molar-refractivity contribution < 1.29 is 123 Å². The molecule has 404 valence electrons. The second-order valence-electron chi connectivity index (χ2n) is 17.5. The van der Waals surface area contributed by atoms with Crippen LogP contribution in [-0.2, 0) is 35.0 Å². The molecule has 16 unspecified atom stereocenters. The van der Waals surface area contributed by atoms with Gasteiger partial charge in [0.25, 0.3) is 0 Å². The molecule has 3 aliphatic heterocycles. The number of carboxylic acids is 1. The number of aliphatic hydroxyl groups excluding tert-OH is 12. The molecule has 0 radical (unpaired) electrons. The quantitative estimate of drug-likeness (QED) is 0.0503. The first-order valence-corrected chi connectivity index (χ1v) is 22.7. The summed E-state index contributed by atoms with van der Waals surface area (Å²) in [6.07, 6.45) is -19.1. The van der Waals surface area contributed by atoms with Crippen molar-refractivity contribution in [3.63, 3.8) is 0 Å². The zero-order valence-electron chi connectivity index (χ0n) is 40.1. The number of aliphatic carboxylic acids is 1. The summed E-state index contributed by atoms with van der Waals surface area (Å²) in [5.74, 6) is -1.73. The third kappa shape index (κ3) is 13.5. The predicted octanol–water partition coefficient (Wildman–Crippen LogP) is -2.86. The van der Waals surface area contributed by atoms with E-state index < -0.39 is 142 Å². The van der Waals surface area contributed by atoms with Crippen molar-refractivity contribution in [1.82, 2.24) is 0 Å². The smallest absolute Gasteiger partial charge is 0.306 e. The third-order valence-electron chi connectivity index (χ3n) is 12.3. The molecule has 13 N–H and O–H groups in total. The molecule has 0 amide bonds. The molecule has 3 heterocycles. The highest BCUT2D eigenvalue weighted by Crippen LogP contribution is 2.45. The van der Waals surface area contributed by atoms with E-state index in [-0.39, 0.29) is 53.8 Å². The lowest BCUT2D eigenvalue weighted by molar-refractivity contribution is -0.325. The Labute approximate surface area is 413 Å². The fraction of sp³-hybridized carbons (Fsp3) is 0.617. The summed E-state index contributed by atoms with van der Waals surface area (Å²) < 4.78 is 56.9. The van der Waals surface area contributed by atoms with Crippen LogP contribution in [0.1, 0.15) is 49.3 Å². The minimum absolute atomic E-state index is 0.0338. The van der Waals surface area contributed by atoms with Gasteiger partial charge in [-0.15, -0.1) is 0 Å². The van der Waals surface area contributed by atoms with Crippen molar-refractivity contribution in [2.24, 2.45) is 0 Å². The average Bonchev–Trinajstić information content (AvgIpc) is 3.35. The summed E-state index contributed by atoms with van der Waals surface area (Å²) in [5, 5.41) is 133. The van der Waals surface area contributed by atoms with Crippen LogP contribution in [0.3, 0.4) is 0 Å². The van der Waals surface area contributed by atoms with Crippen molar-refractivity contribution in [2.75, 3.05) is 48.3 Å². The Morgan fingerprint density at radius 3 is 1.49 bits per heavy atom. The fourth-order valence-corrected chi connectivity index (χ4v) is 8.37. The van der Waals surface area contributed by atoms with E-state index in [9.17, 15) is 76.0 Å². The number of methoxy groups -OCH3 is 4. The number of benzene rings is 2. The Hall–Kier alpha value is -4.78. The normalized spacial score (nSPS) is 31.8. The molecule has 0 aliphatic carbocycles. The fourth-order valence-electron chi connectivity index (χ4n) is 8.37. The Balaban J connectivity index is 1.44. The van der Waals surface area contributed by atoms with Crippen molar-refractivity contribution in [2.45, 2.75) is 137 Å². The molecule has 72 heavy (non-hydrogen) atoms. The standard InChI is InChI=1S/C47H66O25/c1-47(17-31(52)53,72-46-40(62)37(59)34(56)30(20-50)69-46)16-23(51)11-7-6-10-22-15-27(65-4)43(71-45-39(61)36(58)33(55)29(19-49)68-45)41(66-5)24(22)12-8-9-21-13-25(63-2)42(26(14-21)64-3)70-44-38(60)35(57)32(54)28(18-48)67-44/h6,8-10,13-15,28-30,32-40,44-46,48-50,54-62H,7,11-12,16-20H2,1-5H3,(H,52,53). The molecular formula is C47H66O25. The first-order chi connectivity index (χ1) is 34.2. The summed E-state index contributed by atoms with van der Waals surface area (Å²) in [7, 11) is 5.30. The molecular weight excluding hydrogens is 964 g/mol. The summed E-state index contributed by atoms with van der Waals surface area (Å²) in [5.41, 5.74) is -0.429. The zero-order valence-corrected chi connectivity index (χ0v) is 40.1. The number of carboxylic acid groups (broad SMARTS) is 1. The zero-order chi connectivity index (χ0) is 53.2. The lowest BCUT2D eigenvalue weighted by Crippen LogP contribution is -2.60. The summed E-state index contributed by atoms with van der Waals surface area (Å²) >= 11 is 0.